The standard InChI is InChI=1S/C26H33BrCl2N2O3/c1-5-7-12-30-26(33)23(6-2)31(15-19-8-10-20(28)14-22(19)29)25(32)16-34-24-11-9-18(17(3)4)13-21(24)27/h8-11,13-14,17,23H,5-7,12,15-16H2,1-4H3,(H,30,33)/t23-/m1/s1. The van der Waals surface area contributed by atoms with Gasteiger partial charge in [-0.3, -0.25) is 9.59 Å². The average Bonchev–Trinajstić information content (AvgIpc) is 2.79. The smallest absolute Gasteiger partial charge is 0.261 e. The monoisotopic (exact) mass is 570 g/mol. The van der Waals surface area contributed by atoms with Crippen LogP contribution >= 0.6 is 39.1 Å². The summed E-state index contributed by atoms with van der Waals surface area (Å²) in [6.45, 7) is 8.71. The van der Waals surface area contributed by atoms with Crippen molar-refractivity contribution in [1.82, 2.24) is 10.2 Å². The summed E-state index contributed by atoms with van der Waals surface area (Å²) in [5, 5.41) is 3.90. The van der Waals surface area contributed by atoms with E-state index in [-0.39, 0.29) is 25.0 Å². The van der Waals surface area contributed by atoms with Crippen LogP contribution in [0.25, 0.3) is 0 Å². The number of amides is 2. The molecule has 0 bridgehead atoms. The molecule has 2 aromatic rings. The molecule has 0 aliphatic carbocycles. The van der Waals surface area contributed by atoms with E-state index in [1.54, 1.807) is 18.2 Å². The van der Waals surface area contributed by atoms with Gasteiger partial charge in [-0.15, -0.1) is 0 Å². The third kappa shape index (κ3) is 8.17. The maximum atomic E-state index is 13.4. The van der Waals surface area contributed by atoms with Gasteiger partial charge in [0.1, 0.15) is 11.8 Å². The average molecular weight is 572 g/mol. The van der Waals surface area contributed by atoms with E-state index in [2.05, 4.69) is 42.0 Å². The molecule has 0 saturated heterocycles. The van der Waals surface area contributed by atoms with Crippen molar-refractivity contribution < 1.29 is 14.3 Å². The fraction of sp³-hybridized carbons (Fsp3) is 0.462. The van der Waals surface area contributed by atoms with Crippen LogP contribution in [-0.2, 0) is 16.1 Å². The third-order valence-electron chi connectivity index (χ3n) is 5.55. The fourth-order valence-electron chi connectivity index (χ4n) is 3.47. The van der Waals surface area contributed by atoms with Crippen molar-refractivity contribution in [2.45, 2.75) is 65.5 Å². The summed E-state index contributed by atoms with van der Waals surface area (Å²) in [4.78, 5) is 27.8. The van der Waals surface area contributed by atoms with Gasteiger partial charge in [0.05, 0.1) is 4.47 Å². The van der Waals surface area contributed by atoms with E-state index in [9.17, 15) is 9.59 Å². The second kappa shape index (κ2) is 14.0. The lowest BCUT2D eigenvalue weighted by molar-refractivity contribution is -0.143. The minimum atomic E-state index is -0.647. The van der Waals surface area contributed by atoms with Crippen LogP contribution in [0.1, 0.15) is 64.0 Å². The Balaban J connectivity index is 2.24. The van der Waals surface area contributed by atoms with E-state index >= 15 is 0 Å². The molecule has 0 saturated carbocycles. The van der Waals surface area contributed by atoms with Crippen LogP contribution in [0.15, 0.2) is 40.9 Å². The van der Waals surface area contributed by atoms with Gasteiger partial charge in [-0.05, 0) is 70.1 Å². The summed E-state index contributed by atoms with van der Waals surface area (Å²) < 4.78 is 6.63. The van der Waals surface area contributed by atoms with E-state index < -0.39 is 6.04 Å². The molecule has 2 aromatic carbocycles. The maximum Gasteiger partial charge on any atom is 0.261 e. The van der Waals surface area contributed by atoms with E-state index in [4.69, 9.17) is 27.9 Å². The molecule has 2 amide bonds. The minimum absolute atomic E-state index is 0.172. The van der Waals surface area contributed by atoms with Gasteiger partial charge in [0.25, 0.3) is 5.91 Å². The highest BCUT2D eigenvalue weighted by molar-refractivity contribution is 9.10. The Hall–Kier alpha value is -1.76. The molecule has 8 heteroatoms. The SMILES string of the molecule is CCCCNC(=O)[C@@H](CC)N(Cc1ccc(Cl)cc1Cl)C(=O)COc1ccc(C(C)C)cc1Br. The highest BCUT2D eigenvalue weighted by Crippen LogP contribution is 2.29. The van der Waals surface area contributed by atoms with Crippen molar-refractivity contribution in [3.05, 3.63) is 62.0 Å². The van der Waals surface area contributed by atoms with Gasteiger partial charge in [0.15, 0.2) is 6.61 Å². The van der Waals surface area contributed by atoms with Crippen LogP contribution in [0, 0.1) is 0 Å². The zero-order chi connectivity index (χ0) is 25.3. The highest BCUT2D eigenvalue weighted by Gasteiger charge is 2.29. The number of benzene rings is 2. The molecule has 0 aliphatic heterocycles. The number of nitrogens with one attached hydrogen (secondary N) is 1. The Kier molecular flexibility index (Phi) is 11.7. The highest BCUT2D eigenvalue weighted by atomic mass is 79.9. The first-order valence-corrected chi connectivity index (χ1v) is 13.2. The third-order valence-corrected chi connectivity index (χ3v) is 6.75. The summed E-state index contributed by atoms with van der Waals surface area (Å²) in [5.41, 5.74) is 1.88. The van der Waals surface area contributed by atoms with Gasteiger partial charge in [-0.1, -0.05) is 69.5 Å². The molecular formula is C26H33BrCl2N2O3. The van der Waals surface area contributed by atoms with Crippen LogP contribution in [0.5, 0.6) is 5.75 Å². The first-order chi connectivity index (χ1) is 16.2. The summed E-state index contributed by atoms with van der Waals surface area (Å²) in [6.07, 6.45) is 2.31. The van der Waals surface area contributed by atoms with Gasteiger partial charge >= 0.3 is 0 Å². The summed E-state index contributed by atoms with van der Waals surface area (Å²) >= 11 is 15.9. The quantitative estimate of drug-likeness (QED) is 0.279. The molecule has 0 aromatic heterocycles. The molecule has 5 nitrogen and oxygen atoms in total. The van der Waals surface area contributed by atoms with Crippen LogP contribution < -0.4 is 10.1 Å². The van der Waals surface area contributed by atoms with E-state index in [0.717, 1.165) is 17.3 Å². The molecule has 0 heterocycles. The molecule has 2 rings (SSSR count). The van der Waals surface area contributed by atoms with Gasteiger partial charge in [-0.25, -0.2) is 0 Å². The lowest BCUT2D eigenvalue weighted by Gasteiger charge is -2.31. The van der Waals surface area contributed by atoms with Crippen LogP contribution in [0.4, 0.5) is 0 Å². The molecule has 0 fully saturated rings. The Morgan fingerprint density at radius 3 is 2.44 bits per heavy atom. The Morgan fingerprint density at radius 2 is 1.85 bits per heavy atom. The zero-order valence-electron chi connectivity index (χ0n) is 20.2. The fourth-order valence-corrected chi connectivity index (χ4v) is 4.45. The Bertz CT molecular complexity index is 985. The van der Waals surface area contributed by atoms with E-state index in [1.165, 1.54) is 10.5 Å². The van der Waals surface area contributed by atoms with Crippen LogP contribution in [0.2, 0.25) is 10.0 Å². The van der Waals surface area contributed by atoms with Crippen molar-refractivity contribution in [3.8, 4) is 5.75 Å². The molecule has 34 heavy (non-hydrogen) atoms. The molecule has 0 aliphatic rings. The van der Waals surface area contributed by atoms with E-state index in [0.29, 0.717) is 40.2 Å². The Labute approximate surface area is 221 Å². The number of hydrogen-bond acceptors (Lipinski definition) is 3. The summed E-state index contributed by atoms with van der Waals surface area (Å²) in [6, 6.07) is 10.3. The summed E-state index contributed by atoms with van der Waals surface area (Å²) in [5.74, 6) is 0.464. The lowest BCUT2D eigenvalue weighted by atomic mass is 10.0. The van der Waals surface area contributed by atoms with Crippen molar-refractivity contribution in [2.75, 3.05) is 13.2 Å². The van der Waals surface area contributed by atoms with Crippen molar-refractivity contribution >= 4 is 50.9 Å². The van der Waals surface area contributed by atoms with Gasteiger partial charge in [-0.2, -0.15) is 0 Å². The first kappa shape index (κ1) is 28.5. The second-order valence-corrected chi connectivity index (χ2v) is 10.2. The van der Waals surface area contributed by atoms with Gasteiger partial charge in [0, 0.05) is 23.1 Å². The topological polar surface area (TPSA) is 58.6 Å². The molecule has 1 N–H and O–H groups in total. The van der Waals surface area contributed by atoms with Crippen molar-refractivity contribution in [1.29, 1.82) is 0 Å². The summed E-state index contributed by atoms with van der Waals surface area (Å²) in [7, 11) is 0. The number of carbonyl (C=O) groups is 2. The molecule has 0 radical (unpaired) electrons. The predicted molar refractivity (Wildman–Crippen MR) is 143 cm³/mol. The van der Waals surface area contributed by atoms with Crippen molar-refractivity contribution in [2.24, 2.45) is 0 Å². The number of hydrogen-bond donors (Lipinski definition) is 1. The first-order valence-electron chi connectivity index (χ1n) is 11.6. The molecule has 0 spiro atoms. The maximum absolute atomic E-state index is 13.4. The zero-order valence-corrected chi connectivity index (χ0v) is 23.3. The molecular weight excluding hydrogens is 539 g/mol. The largest absolute Gasteiger partial charge is 0.483 e. The normalized spacial score (nSPS) is 11.9. The van der Waals surface area contributed by atoms with Crippen LogP contribution in [-0.4, -0.2) is 35.9 Å². The van der Waals surface area contributed by atoms with Gasteiger partial charge < -0.3 is 15.0 Å². The second-order valence-electron chi connectivity index (χ2n) is 8.46. The number of ether oxygens (including phenoxy) is 1. The minimum Gasteiger partial charge on any atom is -0.483 e. The van der Waals surface area contributed by atoms with Gasteiger partial charge in [0.2, 0.25) is 5.91 Å². The van der Waals surface area contributed by atoms with Crippen LogP contribution in [0.3, 0.4) is 0 Å². The number of unbranched alkanes of at least 4 members (excludes halogenated alkanes) is 1. The van der Waals surface area contributed by atoms with E-state index in [1.807, 2.05) is 25.1 Å². The molecule has 0 unspecified atom stereocenters. The molecule has 1 atom stereocenters. The van der Waals surface area contributed by atoms with Crippen molar-refractivity contribution in [3.63, 3.8) is 0 Å². The number of carbonyl (C=O) groups excluding carboxylic acids is 2. The molecule has 186 valence electrons. The number of rotatable bonds is 12. The number of nitrogens with zero attached hydrogens (tertiary/aromatic N) is 1. The number of halogens is 3. The predicted octanol–water partition coefficient (Wildman–Crippen LogP) is 6.98. The lowest BCUT2D eigenvalue weighted by Crippen LogP contribution is -2.50. The Morgan fingerprint density at radius 1 is 1.12 bits per heavy atom.